The first-order valence-corrected chi connectivity index (χ1v) is 5.95. The first-order chi connectivity index (χ1) is 9.17. The molecule has 0 atom stereocenters. The van der Waals surface area contributed by atoms with Crippen LogP contribution in [0.5, 0.6) is 11.5 Å². The molecule has 6 heteroatoms. The zero-order valence-corrected chi connectivity index (χ0v) is 11.1. The Hall–Kier alpha value is -1.40. The van der Waals surface area contributed by atoms with E-state index in [-0.39, 0.29) is 0 Å². The van der Waals surface area contributed by atoms with Gasteiger partial charge in [0.05, 0.1) is 13.7 Å². The smallest absolute Gasteiger partial charge is 0.272 e. The predicted molar refractivity (Wildman–Crippen MR) is 68.1 cm³/mol. The van der Waals surface area contributed by atoms with E-state index in [1.165, 1.54) is 0 Å². The molecule has 0 unspecified atom stereocenters. The van der Waals surface area contributed by atoms with E-state index >= 15 is 0 Å². The summed E-state index contributed by atoms with van der Waals surface area (Å²) >= 11 is 0. The van der Waals surface area contributed by atoms with Crippen molar-refractivity contribution >= 4 is 0 Å². The lowest BCUT2D eigenvalue weighted by Gasteiger charge is -2.13. The Labute approximate surface area is 111 Å². The van der Waals surface area contributed by atoms with Gasteiger partial charge in [-0.05, 0) is 18.2 Å². The quantitative estimate of drug-likeness (QED) is 0.700. The topological polar surface area (TPSA) is 39.7 Å². The minimum atomic E-state index is -2.49. The molecule has 0 saturated carbocycles. The molecule has 1 aromatic carbocycles. The SMILES string of the molecule is COCCNCc1cc(OC)ccc1OCC(F)F. The van der Waals surface area contributed by atoms with Crippen molar-refractivity contribution in [2.75, 3.05) is 34.0 Å². The zero-order chi connectivity index (χ0) is 14.1. The zero-order valence-electron chi connectivity index (χ0n) is 11.1. The Kier molecular flexibility index (Phi) is 7.14. The molecule has 108 valence electrons. The first-order valence-electron chi connectivity index (χ1n) is 5.95. The number of hydrogen-bond acceptors (Lipinski definition) is 4. The lowest BCUT2D eigenvalue weighted by molar-refractivity contribution is 0.0813. The van der Waals surface area contributed by atoms with Gasteiger partial charge in [0.2, 0.25) is 0 Å². The third-order valence-corrected chi connectivity index (χ3v) is 2.43. The molecule has 0 heterocycles. The molecule has 4 nitrogen and oxygen atoms in total. The number of alkyl halides is 2. The number of benzene rings is 1. The van der Waals surface area contributed by atoms with Crippen LogP contribution in [-0.4, -0.2) is 40.4 Å². The Morgan fingerprint density at radius 3 is 2.68 bits per heavy atom. The summed E-state index contributed by atoms with van der Waals surface area (Å²) in [5.74, 6) is 1.10. The fourth-order valence-corrected chi connectivity index (χ4v) is 1.51. The minimum Gasteiger partial charge on any atom is -0.497 e. The van der Waals surface area contributed by atoms with Crippen molar-refractivity contribution in [3.8, 4) is 11.5 Å². The van der Waals surface area contributed by atoms with E-state index < -0.39 is 13.0 Å². The second kappa shape index (κ2) is 8.66. The number of hydrogen-bond donors (Lipinski definition) is 1. The summed E-state index contributed by atoms with van der Waals surface area (Å²) in [6, 6.07) is 5.08. The van der Waals surface area contributed by atoms with E-state index in [1.54, 1.807) is 32.4 Å². The number of methoxy groups -OCH3 is 2. The molecule has 0 aliphatic carbocycles. The van der Waals surface area contributed by atoms with Crippen molar-refractivity contribution in [1.82, 2.24) is 5.32 Å². The molecule has 0 amide bonds. The van der Waals surface area contributed by atoms with Gasteiger partial charge in [0.1, 0.15) is 18.1 Å². The maximum absolute atomic E-state index is 12.2. The molecule has 0 radical (unpaired) electrons. The van der Waals surface area contributed by atoms with Gasteiger partial charge in [-0.2, -0.15) is 0 Å². The van der Waals surface area contributed by atoms with Gasteiger partial charge >= 0.3 is 0 Å². The molecule has 0 aliphatic heterocycles. The number of halogens is 2. The van der Waals surface area contributed by atoms with Crippen molar-refractivity contribution in [3.63, 3.8) is 0 Å². The van der Waals surface area contributed by atoms with Gasteiger partial charge in [-0.1, -0.05) is 0 Å². The number of rotatable bonds is 9. The van der Waals surface area contributed by atoms with E-state index in [0.29, 0.717) is 31.2 Å². The van der Waals surface area contributed by atoms with Gasteiger partial charge in [-0.25, -0.2) is 8.78 Å². The highest BCUT2D eigenvalue weighted by molar-refractivity contribution is 5.40. The monoisotopic (exact) mass is 275 g/mol. The fraction of sp³-hybridized carbons (Fsp3) is 0.538. The molecular weight excluding hydrogens is 256 g/mol. The third kappa shape index (κ3) is 5.85. The second-order valence-corrected chi connectivity index (χ2v) is 3.85. The highest BCUT2D eigenvalue weighted by Crippen LogP contribution is 2.24. The molecule has 1 aromatic rings. The second-order valence-electron chi connectivity index (χ2n) is 3.85. The van der Waals surface area contributed by atoms with Crippen LogP contribution in [0.2, 0.25) is 0 Å². The molecule has 1 rings (SSSR count). The van der Waals surface area contributed by atoms with Crippen LogP contribution in [0.4, 0.5) is 8.78 Å². The average Bonchev–Trinajstić information content (AvgIpc) is 2.41. The number of ether oxygens (including phenoxy) is 3. The average molecular weight is 275 g/mol. The van der Waals surface area contributed by atoms with Crippen molar-refractivity contribution in [2.24, 2.45) is 0 Å². The molecule has 0 aliphatic rings. The Morgan fingerprint density at radius 2 is 2.05 bits per heavy atom. The van der Waals surface area contributed by atoms with Crippen molar-refractivity contribution in [3.05, 3.63) is 23.8 Å². The standard InChI is InChI=1S/C13H19F2NO3/c1-17-6-5-16-8-10-7-11(18-2)3-4-12(10)19-9-13(14)15/h3-4,7,13,16H,5-6,8-9H2,1-2H3. The van der Waals surface area contributed by atoms with Crippen molar-refractivity contribution < 1.29 is 23.0 Å². The normalized spacial score (nSPS) is 10.8. The molecule has 0 spiro atoms. The van der Waals surface area contributed by atoms with E-state index in [1.807, 2.05) is 0 Å². The van der Waals surface area contributed by atoms with Crippen molar-refractivity contribution in [2.45, 2.75) is 13.0 Å². The summed E-state index contributed by atoms with van der Waals surface area (Å²) in [7, 11) is 3.17. The fourth-order valence-electron chi connectivity index (χ4n) is 1.51. The van der Waals surface area contributed by atoms with Crippen LogP contribution in [-0.2, 0) is 11.3 Å². The van der Waals surface area contributed by atoms with Crippen molar-refractivity contribution in [1.29, 1.82) is 0 Å². The molecule has 0 bridgehead atoms. The molecule has 0 aromatic heterocycles. The Morgan fingerprint density at radius 1 is 1.26 bits per heavy atom. The third-order valence-electron chi connectivity index (χ3n) is 2.43. The van der Waals surface area contributed by atoms with Gasteiger partial charge in [0, 0.05) is 25.8 Å². The summed E-state index contributed by atoms with van der Waals surface area (Å²) in [6.45, 7) is 1.13. The van der Waals surface area contributed by atoms with Gasteiger partial charge in [0.15, 0.2) is 0 Å². The van der Waals surface area contributed by atoms with Crippen LogP contribution in [0.3, 0.4) is 0 Å². The van der Waals surface area contributed by atoms with Crippen LogP contribution < -0.4 is 14.8 Å². The number of nitrogens with one attached hydrogen (secondary N) is 1. The van der Waals surface area contributed by atoms with E-state index in [4.69, 9.17) is 14.2 Å². The summed E-state index contributed by atoms with van der Waals surface area (Å²) in [6.07, 6.45) is -2.49. The van der Waals surface area contributed by atoms with E-state index in [9.17, 15) is 8.78 Å². The summed E-state index contributed by atoms with van der Waals surface area (Å²) < 4.78 is 39.4. The summed E-state index contributed by atoms with van der Waals surface area (Å²) in [5, 5.41) is 3.13. The lowest BCUT2D eigenvalue weighted by atomic mass is 10.2. The van der Waals surface area contributed by atoms with Gasteiger partial charge in [-0.3, -0.25) is 0 Å². The maximum Gasteiger partial charge on any atom is 0.272 e. The molecular formula is C13H19F2NO3. The summed E-state index contributed by atoms with van der Waals surface area (Å²) in [5.41, 5.74) is 0.774. The van der Waals surface area contributed by atoms with Gasteiger partial charge in [0.25, 0.3) is 6.43 Å². The van der Waals surface area contributed by atoms with E-state index in [2.05, 4.69) is 5.32 Å². The van der Waals surface area contributed by atoms with Crippen LogP contribution in [0, 0.1) is 0 Å². The van der Waals surface area contributed by atoms with Crippen LogP contribution in [0.25, 0.3) is 0 Å². The Balaban J connectivity index is 2.66. The maximum atomic E-state index is 12.2. The molecule has 1 N–H and O–H groups in total. The molecule has 0 saturated heterocycles. The molecule has 19 heavy (non-hydrogen) atoms. The van der Waals surface area contributed by atoms with Crippen LogP contribution >= 0.6 is 0 Å². The lowest BCUT2D eigenvalue weighted by Crippen LogP contribution is -2.19. The largest absolute Gasteiger partial charge is 0.497 e. The predicted octanol–water partition coefficient (Wildman–Crippen LogP) is 2.08. The van der Waals surface area contributed by atoms with E-state index in [0.717, 1.165) is 5.56 Å². The summed E-state index contributed by atoms with van der Waals surface area (Å²) in [4.78, 5) is 0. The van der Waals surface area contributed by atoms with Crippen LogP contribution in [0.15, 0.2) is 18.2 Å². The highest BCUT2D eigenvalue weighted by Gasteiger charge is 2.09. The minimum absolute atomic E-state index is 0.436. The van der Waals surface area contributed by atoms with Gasteiger partial charge < -0.3 is 19.5 Å². The van der Waals surface area contributed by atoms with Gasteiger partial charge in [-0.15, -0.1) is 0 Å². The highest BCUT2D eigenvalue weighted by atomic mass is 19.3. The first kappa shape index (κ1) is 15.7. The Bertz CT molecular complexity index is 375. The van der Waals surface area contributed by atoms with Crippen LogP contribution in [0.1, 0.15) is 5.56 Å². The molecule has 0 fully saturated rings.